The van der Waals surface area contributed by atoms with Gasteiger partial charge in [0.25, 0.3) is 0 Å². The van der Waals surface area contributed by atoms with E-state index in [4.69, 9.17) is 23.1 Å². The number of hydrogen-bond acceptors (Lipinski definition) is 5. The number of thiocarbonyl (C=S) groups is 1. The molecule has 0 unspecified atom stereocenters. The predicted octanol–water partition coefficient (Wildman–Crippen LogP) is 0.489. The zero-order valence-corrected chi connectivity index (χ0v) is 14.6. The normalized spacial score (nSPS) is 11.2. The number of carboxylic acids is 1. The van der Waals surface area contributed by atoms with Gasteiger partial charge in [0.1, 0.15) is 6.04 Å². The van der Waals surface area contributed by atoms with Crippen LogP contribution < -0.4 is 27.0 Å². The fraction of sp³-hybridized carbons (Fsp3) is 0.312. The fourth-order valence-electron chi connectivity index (χ4n) is 1.92. The van der Waals surface area contributed by atoms with Crippen molar-refractivity contribution in [1.82, 2.24) is 10.6 Å². The molecule has 1 atom stereocenters. The van der Waals surface area contributed by atoms with E-state index in [-0.39, 0.29) is 6.42 Å². The molecule has 0 bridgehead atoms. The Kier molecular flexibility index (Phi) is 9.15. The van der Waals surface area contributed by atoms with E-state index in [1.165, 1.54) is 0 Å². The van der Waals surface area contributed by atoms with Gasteiger partial charge in [-0.3, -0.25) is 9.59 Å². The molecule has 0 saturated heterocycles. The van der Waals surface area contributed by atoms with Crippen LogP contribution in [0.1, 0.15) is 6.42 Å². The first-order valence-electron chi connectivity index (χ1n) is 7.68. The van der Waals surface area contributed by atoms with E-state index in [1.807, 2.05) is 0 Å². The van der Waals surface area contributed by atoms with Crippen LogP contribution in [0.5, 0.6) is 0 Å². The Balaban J connectivity index is 2.61. The van der Waals surface area contributed by atoms with Gasteiger partial charge >= 0.3 is 5.97 Å². The maximum atomic E-state index is 12.1. The first-order chi connectivity index (χ1) is 12.0. The van der Waals surface area contributed by atoms with E-state index >= 15 is 0 Å². The lowest BCUT2D eigenvalue weighted by Crippen LogP contribution is -2.41. The number of anilines is 2. The SMILES string of the molecule is C=CCNC(=S)Nc1cccc(NC(=O)C[C@H](NCCN)C(=O)O)c1. The van der Waals surface area contributed by atoms with Gasteiger partial charge in [-0.05, 0) is 30.4 Å². The van der Waals surface area contributed by atoms with Gasteiger partial charge < -0.3 is 32.1 Å². The highest BCUT2D eigenvalue weighted by Crippen LogP contribution is 2.15. The molecule has 0 aliphatic heterocycles. The number of amides is 1. The number of aliphatic carboxylic acids is 1. The maximum Gasteiger partial charge on any atom is 0.321 e. The summed E-state index contributed by atoms with van der Waals surface area (Å²) in [5, 5.41) is 20.8. The summed E-state index contributed by atoms with van der Waals surface area (Å²) in [6, 6.07) is 5.95. The van der Waals surface area contributed by atoms with Crippen LogP contribution in [0.4, 0.5) is 11.4 Å². The predicted molar refractivity (Wildman–Crippen MR) is 103 cm³/mol. The van der Waals surface area contributed by atoms with Crippen molar-refractivity contribution in [2.24, 2.45) is 5.73 Å². The number of hydrogen-bond donors (Lipinski definition) is 6. The summed E-state index contributed by atoms with van der Waals surface area (Å²) in [4.78, 5) is 23.2. The average molecular weight is 365 g/mol. The third kappa shape index (κ3) is 8.25. The highest BCUT2D eigenvalue weighted by molar-refractivity contribution is 7.80. The van der Waals surface area contributed by atoms with E-state index in [0.29, 0.717) is 36.1 Å². The summed E-state index contributed by atoms with van der Waals surface area (Å²) < 4.78 is 0. The number of carbonyl (C=O) groups excluding carboxylic acids is 1. The molecule has 0 aromatic heterocycles. The second-order valence-corrected chi connectivity index (χ2v) is 5.50. The molecule has 0 radical (unpaired) electrons. The molecule has 9 heteroatoms. The number of nitrogens with two attached hydrogens (primary N) is 1. The Morgan fingerprint density at radius 1 is 1.32 bits per heavy atom. The van der Waals surface area contributed by atoms with Crippen LogP contribution in [0.3, 0.4) is 0 Å². The van der Waals surface area contributed by atoms with Crippen LogP contribution in [-0.4, -0.2) is 47.8 Å². The van der Waals surface area contributed by atoms with Gasteiger partial charge in [-0.15, -0.1) is 6.58 Å². The van der Waals surface area contributed by atoms with Crippen LogP contribution in [0.2, 0.25) is 0 Å². The Labute approximate surface area is 151 Å². The molecule has 1 aromatic carbocycles. The standard InChI is InChI=1S/C16H23N5O3S/c1-2-7-19-16(25)21-12-5-3-4-11(9-12)20-14(22)10-13(15(23)24)18-8-6-17/h2-5,9,13,18H,1,6-8,10,17H2,(H,20,22)(H,23,24)(H2,19,21,25)/t13-/m0/s1. The van der Waals surface area contributed by atoms with Gasteiger partial charge in [-0.2, -0.15) is 0 Å². The smallest absolute Gasteiger partial charge is 0.321 e. The van der Waals surface area contributed by atoms with Crippen LogP contribution in [-0.2, 0) is 9.59 Å². The quantitative estimate of drug-likeness (QED) is 0.261. The molecule has 0 aliphatic rings. The van der Waals surface area contributed by atoms with Crippen molar-refractivity contribution in [3.63, 3.8) is 0 Å². The second-order valence-electron chi connectivity index (χ2n) is 5.09. The lowest BCUT2D eigenvalue weighted by Gasteiger charge is -2.14. The second kappa shape index (κ2) is 11.1. The summed E-state index contributed by atoms with van der Waals surface area (Å²) in [7, 11) is 0. The summed E-state index contributed by atoms with van der Waals surface area (Å²) in [5.74, 6) is -1.51. The van der Waals surface area contributed by atoms with Crippen LogP contribution in [0.25, 0.3) is 0 Å². The first-order valence-corrected chi connectivity index (χ1v) is 8.09. The summed E-state index contributed by atoms with van der Waals surface area (Å²) in [6.07, 6.45) is 1.48. The molecule has 1 aromatic rings. The van der Waals surface area contributed by atoms with E-state index in [9.17, 15) is 9.59 Å². The number of benzene rings is 1. The Morgan fingerprint density at radius 3 is 2.60 bits per heavy atom. The molecule has 0 fully saturated rings. The van der Waals surface area contributed by atoms with Gasteiger partial charge in [0.15, 0.2) is 5.11 Å². The van der Waals surface area contributed by atoms with Gasteiger partial charge in [0.05, 0.1) is 6.42 Å². The monoisotopic (exact) mass is 365 g/mol. The van der Waals surface area contributed by atoms with E-state index in [1.54, 1.807) is 30.3 Å². The zero-order chi connectivity index (χ0) is 18.7. The zero-order valence-electron chi connectivity index (χ0n) is 13.7. The number of rotatable bonds is 10. The van der Waals surface area contributed by atoms with Gasteiger partial charge in [-0.1, -0.05) is 12.1 Å². The molecule has 0 heterocycles. The lowest BCUT2D eigenvalue weighted by atomic mass is 10.2. The summed E-state index contributed by atoms with van der Waals surface area (Å²) in [5.41, 5.74) is 6.56. The van der Waals surface area contributed by atoms with Gasteiger partial charge in [0, 0.05) is 31.0 Å². The van der Waals surface area contributed by atoms with Crippen molar-refractivity contribution in [1.29, 1.82) is 0 Å². The van der Waals surface area contributed by atoms with E-state index in [0.717, 1.165) is 0 Å². The topological polar surface area (TPSA) is 129 Å². The molecule has 8 nitrogen and oxygen atoms in total. The molecule has 1 amide bonds. The summed E-state index contributed by atoms with van der Waals surface area (Å²) >= 11 is 5.12. The van der Waals surface area contributed by atoms with Crippen molar-refractivity contribution < 1.29 is 14.7 Å². The molecule has 0 aliphatic carbocycles. The van der Waals surface area contributed by atoms with Crippen LogP contribution in [0.15, 0.2) is 36.9 Å². The Morgan fingerprint density at radius 2 is 2.00 bits per heavy atom. The van der Waals surface area contributed by atoms with Gasteiger partial charge in [0.2, 0.25) is 5.91 Å². The highest BCUT2D eigenvalue weighted by atomic mass is 32.1. The molecular formula is C16H23N5O3S. The lowest BCUT2D eigenvalue weighted by molar-refractivity contribution is -0.141. The maximum absolute atomic E-state index is 12.1. The van der Waals surface area contributed by atoms with Crippen molar-refractivity contribution in [3.05, 3.63) is 36.9 Å². The van der Waals surface area contributed by atoms with Crippen LogP contribution >= 0.6 is 12.2 Å². The summed E-state index contributed by atoms with van der Waals surface area (Å²) in [6.45, 7) is 4.73. The largest absolute Gasteiger partial charge is 0.480 e. The molecule has 0 saturated carbocycles. The minimum Gasteiger partial charge on any atom is -0.480 e. The number of carboxylic acid groups (broad SMARTS) is 1. The number of nitrogens with one attached hydrogen (secondary N) is 4. The molecular weight excluding hydrogens is 342 g/mol. The molecule has 7 N–H and O–H groups in total. The molecule has 25 heavy (non-hydrogen) atoms. The van der Waals surface area contributed by atoms with Crippen LogP contribution in [0, 0.1) is 0 Å². The average Bonchev–Trinajstić information content (AvgIpc) is 2.56. The van der Waals surface area contributed by atoms with E-state index in [2.05, 4.69) is 27.8 Å². The minimum atomic E-state index is -1.10. The third-order valence-corrected chi connectivity index (χ3v) is 3.28. The number of carbonyl (C=O) groups is 2. The Hall–Kier alpha value is -2.49. The van der Waals surface area contributed by atoms with E-state index < -0.39 is 17.9 Å². The van der Waals surface area contributed by atoms with Gasteiger partial charge in [-0.25, -0.2) is 0 Å². The molecule has 0 spiro atoms. The molecule has 1 rings (SSSR count). The minimum absolute atomic E-state index is 0.202. The first kappa shape index (κ1) is 20.6. The Bertz CT molecular complexity index is 624. The highest BCUT2D eigenvalue weighted by Gasteiger charge is 2.20. The van der Waals surface area contributed by atoms with Crippen molar-refractivity contribution in [3.8, 4) is 0 Å². The third-order valence-electron chi connectivity index (χ3n) is 3.03. The molecule has 136 valence electrons. The fourth-order valence-corrected chi connectivity index (χ4v) is 2.12. The van der Waals surface area contributed by atoms with Crippen molar-refractivity contribution in [2.45, 2.75) is 12.5 Å². The van der Waals surface area contributed by atoms with Crippen molar-refractivity contribution in [2.75, 3.05) is 30.3 Å². The van der Waals surface area contributed by atoms with Crippen molar-refractivity contribution >= 4 is 40.6 Å².